The van der Waals surface area contributed by atoms with Gasteiger partial charge in [0.05, 0.1) is 6.61 Å². The molecule has 8 heteroatoms. The van der Waals surface area contributed by atoms with E-state index in [1.165, 1.54) is 7.11 Å². The summed E-state index contributed by atoms with van der Waals surface area (Å²) < 4.78 is 10.5. The van der Waals surface area contributed by atoms with E-state index in [4.69, 9.17) is 14.6 Å². The molecule has 0 saturated heterocycles. The number of aliphatic carboxylic acids is 1. The number of carbonyl (C=O) groups is 3. The lowest BCUT2D eigenvalue weighted by molar-refractivity contribution is -0.137. The van der Waals surface area contributed by atoms with Crippen LogP contribution >= 0.6 is 0 Å². The van der Waals surface area contributed by atoms with Gasteiger partial charge in [-0.2, -0.15) is 0 Å². The molecule has 1 aliphatic rings. The van der Waals surface area contributed by atoms with E-state index in [0.29, 0.717) is 6.61 Å². The number of carboxylic acid groups (broad SMARTS) is 1. The molecule has 2 aromatic rings. The zero-order chi connectivity index (χ0) is 23.1. The summed E-state index contributed by atoms with van der Waals surface area (Å²) in [6.45, 7) is 2.15. The first-order valence-corrected chi connectivity index (χ1v) is 10.5. The summed E-state index contributed by atoms with van der Waals surface area (Å²) in [6.07, 6.45) is -1.08. The number of fused-ring (bicyclic) bond motifs is 3. The lowest BCUT2D eigenvalue weighted by Gasteiger charge is -2.21. The van der Waals surface area contributed by atoms with Gasteiger partial charge in [-0.25, -0.2) is 4.79 Å². The van der Waals surface area contributed by atoms with Gasteiger partial charge < -0.3 is 25.2 Å². The maximum atomic E-state index is 12.5. The standard InChI is InChI=1S/C24H28N2O6/c1-15(13-31-2)25-23(29)21(11-12-22(27)28)26-24(30)32-14-20-18-9-5-3-7-16(18)17-8-4-6-10-19(17)20/h3-10,15,20-21H,11-14H2,1-2H3,(H,25,29)(H,26,30)(H,27,28). The minimum absolute atomic E-state index is 0.0505. The third-order valence-electron chi connectivity index (χ3n) is 5.40. The van der Waals surface area contributed by atoms with Crippen LogP contribution in [0.5, 0.6) is 0 Å². The van der Waals surface area contributed by atoms with E-state index in [1.54, 1.807) is 6.92 Å². The molecule has 2 atom stereocenters. The number of alkyl carbamates (subject to hydrolysis) is 1. The van der Waals surface area contributed by atoms with Crippen molar-refractivity contribution in [1.29, 1.82) is 0 Å². The lowest BCUT2D eigenvalue weighted by atomic mass is 9.98. The summed E-state index contributed by atoms with van der Waals surface area (Å²) in [7, 11) is 1.51. The number of carboxylic acids is 1. The highest BCUT2D eigenvalue weighted by Gasteiger charge is 2.30. The maximum Gasteiger partial charge on any atom is 0.407 e. The summed E-state index contributed by atoms with van der Waals surface area (Å²) in [4.78, 5) is 36.0. The molecule has 2 aromatic carbocycles. The van der Waals surface area contributed by atoms with E-state index in [1.807, 2.05) is 48.5 Å². The molecule has 32 heavy (non-hydrogen) atoms. The molecule has 0 heterocycles. The number of hydrogen-bond acceptors (Lipinski definition) is 5. The monoisotopic (exact) mass is 440 g/mol. The Hall–Kier alpha value is -3.39. The fourth-order valence-corrected chi connectivity index (χ4v) is 3.95. The van der Waals surface area contributed by atoms with Crippen molar-refractivity contribution >= 4 is 18.0 Å². The largest absolute Gasteiger partial charge is 0.481 e. The first kappa shape index (κ1) is 23.3. The van der Waals surface area contributed by atoms with Gasteiger partial charge in [-0.3, -0.25) is 9.59 Å². The van der Waals surface area contributed by atoms with Crippen molar-refractivity contribution in [3.63, 3.8) is 0 Å². The van der Waals surface area contributed by atoms with Crippen molar-refractivity contribution in [3.8, 4) is 11.1 Å². The molecule has 0 spiro atoms. The highest BCUT2D eigenvalue weighted by molar-refractivity contribution is 5.86. The Morgan fingerprint density at radius 2 is 1.59 bits per heavy atom. The third-order valence-corrected chi connectivity index (χ3v) is 5.40. The van der Waals surface area contributed by atoms with Crippen LogP contribution in [0.15, 0.2) is 48.5 Å². The van der Waals surface area contributed by atoms with Crippen LogP contribution in [0.4, 0.5) is 4.79 Å². The zero-order valence-electron chi connectivity index (χ0n) is 18.2. The summed E-state index contributed by atoms with van der Waals surface area (Å²) in [5.74, 6) is -1.65. The first-order valence-electron chi connectivity index (χ1n) is 10.5. The summed E-state index contributed by atoms with van der Waals surface area (Å²) in [5, 5.41) is 14.2. The third kappa shape index (κ3) is 5.64. The van der Waals surface area contributed by atoms with Crippen molar-refractivity contribution in [2.45, 2.75) is 37.8 Å². The minimum atomic E-state index is -1.05. The smallest absolute Gasteiger partial charge is 0.407 e. The Morgan fingerprint density at radius 1 is 1.00 bits per heavy atom. The number of ether oxygens (including phenoxy) is 2. The fraction of sp³-hybridized carbons (Fsp3) is 0.375. The summed E-state index contributed by atoms with van der Waals surface area (Å²) in [5.41, 5.74) is 4.39. The van der Waals surface area contributed by atoms with Gasteiger partial charge in [-0.1, -0.05) is 48.5 Å². The van der Waals surface area contributed by atoms with Crippen LogP contribution < -0.4 is 10.6 Å². The molecule has 3 rings (SSSR count). The number of methoxy groups -OCH3 is 1. The van der Waals surface area contributed by atoms with Crippen LogP contribution in [-0.2, 0) is 19.1 Å². The van der Waals surface area contributed by atoms with Gasteiger partial charge in [0.15, 0.2) is 0 Å². The molecular formula is C24H28N2O6. The van der Waals surface area contributed by atoms with E-state index >= 15 is 0 Å². The SMILES string of the molecule is COCC(C)NC(=O)C(CCC(=O)O)NC(=O)OCC1c2ccccc2-c2ccccc21. The predicted octanol–water partition coefficient (Wildman–Crippen LogP) is 2.91. The quantitative estimate of drug-likeness (QED) is 0.524. The molecule has 0 aromatic heterocycles. The van der Waals surface area contributed by atoms with Gasteiger partial charge in [0.1, 0.15) is 12.6 Å². The van der Waals surface area contributed by atoms with Crippen molar-refractivity contribution in [2.24, 2.45) is 0 Å². The van der Waals surface area contributed by atoms with Crippen molar-refractivity contribution in [2.75, 3.05) is 20.3 Å². The van der Waals surface area contributed by atoms with Gasteiger partial charge in [0, 0.05) is 25.5 Å². The molecule has 0 aliphatic heterocycles. The molecule has 2 unspecified atom stereocenters. The Morgan fingerprint density at radius 3 is 2.16 bits per heavy atom. The normalized spacial score (nSPS) is 14.1. The van der Waals surface area contributed by atoms with Gasteiger partial charge in [0.2, 0.25) is 5.91 Å². The van der Waals surface area contributed by atoms with Crippen LogP contribution in [0.1, 0.15) is 36.8 Å². The molecule has 1 aliphatic carbocycles. The number of amides is 2. The van der Waals surface area contributed by atoms with E-state index in [2.05, 4.69) is 10.6 Å². The van der Waals surface area contributed by atoms with Crippen LogP contribution in [0, 0.1) is 0 Å². The summed E-state index contributed by atoms with van der Waals surface area (Å²) >= 11 is 0. The van der Waals surface area contributed by atoms with Gasteiger partial charge in [-0.05, 0) is 35.6 Å². The number of benzene rings is 2. The number of hydrogen-bond donors (Lipinski definition) is 3. The average Bonchev–Trinajstić information content (AvgIpc) is 3.09. The Kier molecular flexibility index (Phi) is 7.83. The molecule has 0 saturated carbocycles. The highest BCUT2D eigenvalue weighted by Crippen LogP contribution is 2.44. The second kappa shape index (κ2) is 10.8. The van der Waals surface area contributed by atoms with Gasteiger partial charge in [-0.15, -0.1) is 0 Å². The van der Waals surface area contributed by atoms with Crippen molar-refractivity contribution < 1.29 is 29.0 Å². The van der Waals surface area contributed by atoms with Gasteiger partial charge >= 0.3 is 12.1 Å². The Balaban J connectivity index is 1.65. The van der Waals surface area contributed by atoms with Crippen LogP contribution in [0.25, 0.3) is 11.1 Å². The maximum absolute atomic E-state index is 12.5. The molecule has 2 amide bonds. The number of carbonyl (C=O) groups excluding carboxylic acids is 2. The average molecular weight is 440 g/mol. The van der Waals surface area contributed by atoms with E-state index in [-0.39, 0.29) is 31.4 Å². The minimum Gasteiger partial charge on any atom is -0.481 e. The van der Waals surface area contributed by atoms with E-state index in [0.717, 1.165) is 22.3 Å². The molecule has 0 bridgehead atoms. The second-order valence-corrected chi connectivity index (χ2v) is 7.82. The van der Waals surface area contributed by atoms with Gasteiger partial charge in [0.25, 0.3) is 0 Å². The molecule has 0 fully saturated rings. The van der Waals surface area contributed by atoms with Crippen molar-refractivity contribution in [1.82, 2.24) is 10.6 Å². The molecule has 170 valence electrons. The molecule has 8 nitrogen and oxygen atoms in total. The fourth-order valence-electron chi connectivity index (χ4n) is 3.95. The summed E-state index contributed by atoms with van der Waals surface area (Å²) in [6, 6.07) is 14.7. The predicted molar refractivity (Wildman–Crippen MR) is 118 cm³/mol. The van der Waals surface area contributed by atoms with E-state index < -0.39 is 24.0 Å². The Labute approximate surface area is 186 Å². The van der Waals surface area contributed by atoms with Crippen LogP contribution in [0.2, 0.25) is 0 Å². The second-order valence-electron chi connectivity index (χ2n) is 7.82. The Bertz CT molecular complexity index is 931. The first-order chi connectivity index (χ1) is 15.4. The van der Waals surface area contributed by atoms with Crippen LogP contribution in [0.3, 0.4) is 0 Å². The molecule has 3 N–H and O–H groups in total. The zero-order valence-corrected chi connectivity index (χ0v) is 18.2. The highest BCUT2D eigenvalue weighted by atomic mass is 16.5. The molecule has 0 radical (unpaired) electrons. The van der Waals surface area contributed by atoms with Crippen LogP contribution in [-0.4, -0.2) is 55.5 Å². The lowest BCUT2D eigenvalue weighted by Crippen LogP contribution is -2.50. The topological polar surface area (TPSA) is 114 Å². The molecular weight excluding hydrogens is 412 g/mol. The van der Waals surface area contributed by atoms with Crippen molar-refractivity contribution in [3.05, 3.63) is 59.7 Å². The number of rotatable bonds is 10. The van der Waals surface area contributed by atoms with E-state index in [9.17, 15) is 14.4 Å². The number of nitrogens with one attached hydrogen (secondary N) is 2.